The second kappa shape index (κ2) is 9.59. The number of anilines is 1. The van der Waals surface area contributed by atoms with Crippen LogP contribution < -0.4 is 10.6 Å². The van der Waals surface area contributed by atoms with Gasteiger partial charge in [0.1, 0.15) is 10.7 Å². The normalized spacial score (nSPS) is 22.0. The van der Waals surface area contributed by atoms with Crippen LogP contribution in [0.1, 0.15) is 31.4 Å². The van der Waals surface area contributed by atoms with E-state index in [0.717, 1.165) is 57.0 Å². The van der Waals surface area contributed by atoms with E-state index >= 15 is 0 Å². The number of hydrogen-bond donors (Lipinski definition) is 2. The van der Waals surface area contributed by atoms with Crippen molar-refractivity contribution in [3.8, 4) is 0 Å². The summed E-state index contributed by atoms with van der Waals surface area (Å²) in [5.41, 5.74) is 0.380. The van der Waals surface area contributed by atoms with Gasteiger partial charge in [-0.2, -0.15) is 4.39 Å². The van der Waals surface area contributed by atoms with Gasteiger partial charge < -0.3 is 10.6 Å². The van der Waals surface area contributed by atoms with Crippen molar-refractivity contribution in [1.82, 2.24) is 15.2 Å². The minimum absolute atomic E-state index is 0.00120. The lowest BCUT2D eigenvalue weighted by Gasteiger charge is -2.45. The molecule has 1 aliphatic heterocycles. The second-order valence-corrected chi connectivity index (χ2v) is 10.9. The molecule has 4 rings (SSSR count). The third-order valence-electron chi connectivity index (χ3n) is 6.40. The van der Waals surface area contributed by atoms with E-state index in [9.17, 15) is 17.2 Å². The molecule has 2 aliphatic rings. The molecule has 2 fully saturated rings. The number of likely N-dealkylation sites (N-methyl/N-ethyl adjacent to an activating group) is 1. The zero-order valence-corrected chi connectivity index (χ0v) is 19.4. The van der Waals surface area contributed by atoms with E-state index in [1.54, 1.807) is 0 Å². The Kier molecular flexibility index (Phi) is 7.00. The molecule has 0 spiro atoms. The van der Waals surface area contributed by atoms with Gasteiger partial charge in [0.05, 0.1) is 22.2 Å². The summed E-state index contributed by atoms with van der Waals surface area (Å²) in [5.74, 6) is -2.30. The monoisotopic (exact) mass is 484 g/mol. The van der Waals surface area contributed by atoms with Crippen LogP contribution in [0.5, 0.6) is 0 Å². The van der Waals surface area contributed by atoms with Gasteiger partial charge in [0.15, 0.2) is 9.84 Å². The first-order valence-electron chi connectivity index (χ1n) is 10.8. The first kappa shape index (κ1) is 23.4. The van der Waals surface area contributed by atoms with Crippen LogP contribution in [0.15, 0.2) is 35.2 Å². The van der Waals surface area contributed by atoms with Crippen molar-refractivity contribution in [3.63, 3.8) is 0 Å². The Bertz CT molecular complexity index is 1080. The number of sulfone groups is 1. The molecule has 2 atom stereocenters. The fourth-order valence-electron chi connectivity index (χ4n) is 4.48. The Morgan fingerprint density at radius 2 is 1.97 bits per heavy atom. The van der Waals surface area contributed by atoms with Gasteiger partial charge in [-0.1, -0.05) is 30.5 Å². The highest BCUT2D eigenvalue weighted by molar-refractivity contribution is 7.90. The summed E-state index contributed by atoms with van der Waals surface area (Å²) in [5, 5.41) is 6.79. The highest BCUT2D eigenvalue weighted by Crippen LogP contribution is 2.33. The second-order valence-electron chi connectivity index (χ2n) is 8.55. The molecule has 174 valence electrons. The van der Waals surface area contributed by atoms with Gasteiger partial charge >= 0.3 is 0 Å². The summed E-state index contributed by atoms with van der Waals surface area (Å²) in [6.45, 7) is 1.92. The van der Waals surface area contributed by atoms with Crippen LogP contribution in [0, 0.1) is 11.8 Å². The number of rotatable bonds is 7. The number of nitrogens with one attached hydrogen (secondary N) is 2. The molecule has 6 nitrogen and oxygen atoms in total. The van der Waals surface area contributed by atoms with Crippen molar-refractivity contribution in [2.75, 3.05) is 25.5 Å². The topological polar surface area (TPSA) is 74.3 Å². The largest absolute Gasteiger partial charge is 0.379 e. The van der Waals surface area contributed by atoms with E-state index in [2.05, 4.69) is 27.6 Å². The molecule has 10 heteroatoms. The summed E-state index contributed by atoms with van der Waals surface area (Å²) in [7, 11) is -1.98. The van der Waals surface area contributed by atoms with Gasteiger partial charge in [-0.15, -0.1) is 0 Å². The minimum Gasteiger partial charge on any atom is -0.379 e. The predicted octanol–water partition coefficient (Wildman–Crippen LogP) is 3.61. The van der Waals surface area contributed by atoms with E-state index in [4.69, 9.17) is 11.6 Å². The lowest BCUT2D eigenvalue weighted by Crippen LogP contribution is -2.61. The van der Waals surface area contributed by atoms with Gasteiger partial charge in [0.25, 0.3) is 0 Å². The molecule has 2 N–H and O–H groups in total. The fraction of sp³-hybridized carbons (Fsp3) is 0.500. The van der Waals surface area contributed by atoms with E-state index < -0.39 is 32.3 Å². The van der Waals surface area contributed by atoms with Crippen LogP contribution >= 0.6 is 11.6 Å². The molecule has 1 aromatic carbocycles. The maximum Gasteiger partial charge on any atom is 0.213 e. The van der Waals surface area contributed by atoms with E-state index in [1.165, 1.54) is 12.1 Å². The molecule has 0 amide bonds. The number of benzene rings is 1. The molecule has 32 heavy (non-hydrogen) atoms. The highest BCUT2D eigenvalue weighted by atomic mass is 35.5. The average molecular weight is 485 g/mol. The quantitative estimate of drug-likeness (QED) is 0.585. The van der Waals surface area contributed by atoms with Crippen molar-refractivity contribution in [2.45, 2.75) is 54.5 Å². The zero-order valence-electron chi connectivity index (χ0n) is 17.8. The predicted molar refractivity (Wildman–Crippen MR) is 121 cm³/mol. The molecule has 2 aromatic rings. The van der Waals surface area contributed by atoms with Crippen LogP contribution in [0.25, 0.3) is 0 Å². The Morgan fingerprint density at radius 1 is 1.22 bits per heavy atom. The van der Waals surface area contributed by atoms with Crippen LogP contribution in [0.3, 0.4) is 0 Å². The van der Waals surface area contributed by atoms with Crippen molar-refractivity contribution < 1.29 is 17.2 Å². The molecule has 0 bridgehead atoms. The van der Waals surface area contributed by atoms with E-state index in [-0.39, 0.29) is 22.8 Å². The Morgan fingerprint density at radius 3 is 2.66 bits per heavy atom. The van der Waals surface area contributed by atoms with E-state index in [1.807, 2.05) is 0 Å². The number of nitrogens with zero attached hydrogens (tertiary/aromatic N) is 2. The molecule has 1 aliphatic carbocycles. The first-order chi connectivity index (χ1) is 15.2. The Hall–Kier alpha value is -1.81. The molecule has 0 radical (unpaired) electrons. The van der Waals surface area contributed by atoms with Gasteiger partial charge in [0.2, 0.25) is 5.95 Å². The first-order valence-corrected chi connectivity index (χ1v) is 12.8. The number of pyridine rings is 1. The molecule has 0 unspecified atom stereocenters. The third-order valence-corrected chi connectivity index (χ3v) is 8.37. The Balaban J connectivity index is 1.54. The third kappa shape index (κ3) is 5.06. The van der Waals surface area contributed by atoms with Crippen LogP contribution in [-0.4, -0.2) is 56.6 Å². The lowest BCUT2D eigenvalue weighted by atomic mass is 9.88. The maximum atomic E-state index is 14.9. The van der Waals surface area contributed by atoms with Crippen molar-refractivity contribution in [2.24, 2.45) is 0 Å². The zero-order chi connectivity index (χ0) is 22.9. The molecule has 1 saturated heterocycles. The standard InChI is InChI=1S/C22H27ClF2N4O2S/c1-29(15-11-26-12-15)20-7-3-2-6-18(20)28-19-10-17(24)21(9-16(19)23)32(30,31)13-14-5-4-8-22(25)27-14/h4-5,8-10,15,18,20,26,28H,2-3,6-7,11-13H2,1H3/t18-,20-/m0/s1. The van der Waals surface area contributed by atoms with E-state index in [0.29, 0.717) is 11.7 Å². The van der Waals surface area contributed by atoms with Crippen molar-refractivity contribution in [1.29, 1.82) is 0 Å². The molecule has 2 heterocycles. The van der Waals surface area contributed by atoms with Crippen LogP contribution in [0.2, 0.25) is 5.02 Å². The SMILES string of the molecule is CN(C1CNC1)[C@H]1CCCC[C@@H]1Nc1cc(F)c(S(=O)(=O)Cc2cccc(F)n2)cc1Cl. The van der Waals surface area contributed by atoms with Gasteiger partial charge in [-0.3, -0.25) is 4.90 Å². The maximum absolute atomic E-state index is 14.9. The Labute approximate surface area is 192 Å². The molecular formula is C22H27ClF2N4O2S. The van der Waals surface area contributed by atoms with Crippen LogP contribution in [0.4, 0.5) is 14.5 Å². The van der Waals surface area contributed by atoms with Crippen LogP contribution in [-0.2, 0) is 15.6 Å². The summed E-state index contributed by atoms with van der Waals surface area (Å²) < 4.78 is 53.7. The van der Waals surface area contributed by atoms with Crippen molar-refractivity contribution >= 4 is 27.1 Å². The molecule has 1 saturated carbocycles. The van der Waals surface area contributed by atoms with Gasteiger partial charge in [-0.05, 0) is 44.2 Å². The number of halogens is 3. The van der Waals surface area contributed by atoms with Gasteiger partial charge in [0, 0.05) is 31.2 Å². The number of aromatic nitrogens is 1. The smallest absolute Gasteiger partial charge is 0.213 e. The highest BCUT2D eigenvalue weighted by Gasteiger charge is 2.34. The summed E-state index contributed by atoms with van der Waals surface area (Å²) in [6, 6.07) is 7.00. The summed E-state index contributed by atoms with van der Waals surface area (Å²) in [6.07, 6.45) is 4.18. The molecule has 1 aromatic heterocycles. The van der Waals surface area contributed by atoms with Crippen molar-refractivity contribution in [3.05, 3.63) is 52.8 Å². The number of hydrogen-bond acceptors (Lipinski definition) is 6. The summed E-state index contributed by atoms with van der Waals surface area (Å²) >= 11 is 6.39. The summed E-state index contributed by atoms with van der Waals surface area (Å²) in [4.78, 5) is 5.42. The lowest BCUT2D eigenvalue weighted by molar-refractivity contribution is 0.0944. The minimum atomic E-state index is -4.10. The average Bonchev–Trinajstić information content (AvgIpc) is 2.69. The molecular weight excluding hydrogens is 458 g/mol. The van der Waals surface area contributed by atoms with Gasteiger partial charge in [-0.25, -0.2) is 17.8 Å². The fourth-order valence-corrected chi connectivity index (χ4v) is 6.12.